The molecule has 1 amide bonds. The molecular weight excluding hydrogens is 447 g/mol. The van der Waals surface area contributed by atoms with Gasteiger partial charge in [0, 0.05) is 10.6 Å². The summed E-state index contributed by atoms with van der Waals surface area (Å²) in [5.41, 5.74) is 1.52. The van der Waals surface area contributed by atoms with Gasteiger partial charge in [0.1, 0.15) is 30.3 Å². The maximum atomic E-state index is 14.0. The molecule has 4 aromatic rings. The predicted octanol–water partition coefficient (Wildman–Crippen LogP) is 5.67. The minimum absolute atomic E-state index is 0.0619. The summed E-state index contributed by atoms with van der Waals surface area (Å²) >= 11 is 6.04. The Morgan fingerprint density at radius 3 is 2.70 bits per heavy atom. The Morgan fingerprint density at radius 1 is 1.18 bits per heavy atom. The van der Waals surface area contributed by atoms with E-state index in [1.165, 1.54) is 28.7 Å². The topological polar surface area (TPSA) is 82.2 Å². The van der Waals surface area contributed by atoms with Gasteiger partial charge >= 0.3 is 0 Å². The number of halogens is 2. The summed E-state index contributed by atoms with van der Waals surface area (Å²) in [6.07, 6.45) is 1.38. The first-order valence-electron chi connectivity index (χ1n) is 10.3. The summed E-state index contributed by atoms with van der Waals surface area (Å²) in [6, 6.07) is 15.5. The molecular formula is C24H22ClFN4O3. The van der Waals surface area contributed by atoms with E-state index in [1.54, 1.807) is 18.2 Å². The van der Waals surface area contributed by atoms with E-state index in [2.05, 4.69) is 29.2 Å². The maximum Gasteiger partial charge on any atom is 0.293 e. The molecule has 0 saturated carbocycles. The van der Waals surface area contributed by atoms with Gasteiger partial charge in [-0.25, -0.2) is 14.1 Å². The van der Waals surface area contributed by atoms with Crippen LogP contribution >= 0.6 is 11.6 Å². The summed E-state index contributed by atoms with van der Waals surface area (Å²) in [5, 5.41) is 6.98. The third-order valence-corrected chi connectivity index (χ3v) is 5.31. The number of nitrogens with zero attached hydrogens (tertiary/aromatic N) is 3. The van der Waals surface area contributed by atoms with Gasteiger partial charge in [0.2, 0.25) is 5.95 Å². The zero-order chi connectivity index (χ0) is 23.4. The van der Waals surface area contributed by atoms with E-state index < -0.39 is 11.7 Å². The zero-order valence-electron chi connectivity index (χ0n) is 18.1. The van der Waals surface area contributed by atoms with Crippen LogP contribution in [0.5, 0.6) is 5.75 Å². The van der Waals surface area contributed by atoms with Crippen molar-refractivity contribution in [2.75, 3.05) is 5.32 Å². The highest BCUT2D eigenvalue weighted by atomic mass is 35.5. The molecule has 0 aliphatic rings. The molecule has 4 rings (SSSR count). The average molecular weight is 469 g/mol. The van der Waals surface area contributed by atoms with Crippen LogP contribution < -0.4 is 10.1 Å². The largest absolute Gasteiger partial charge is 0.486 e. The fourth-order valence-corrected chi connectivity index (χ4v) is 3.34. The van der Waals surface area contributed by atoms with Crippen LogP contribution in [0.15, 0.2) is 65.3 Å². The maximum absolute atomic E-state index is 14.0. The summed E-state index contributed by atoms with van der Waals surface area (Å²) < 4.78 is 26.6. The lowest BCUT2D eigenvalue weighted by Crippen LogP contribution is -2.13. The van der Waals surface area contributed by atoms with Gasteiger partial charge in [-0.15, -0.1) is 5.10 Å². The smallest absolute Gasteiger partial charge is 0.293 e. The Morgan fingerprint density at radius 2 is 1.97 bits per heavy atom. The number of rotatable bonds is 8. The molecule has 33 heavy (non-hydrogen) atoms. The Hall–Kier alpha value is -3.65. The van der Waals surface area contributed by atoms with E-state index >= 15 is 0 Å². The number of hydrogen-bond donors (Lipinski definition) is 1. The normalized spacial score (nSPS) is 11.1. The highest BCUT2D eigenvalue weighted by Gasteiger charge is 2.15. The van der Waals surface area contributed by atoms with Crippen LogP contribution in [0.1, 0.15) is 47.2 Å². The lowest BCUT2D eigenvalue weighted by molar-refractivity contribution is 0.0991. The molecule has 0 atom stereocenters. The van der Waals surface area contributed by atoms with E-state index in [4.69, 9.17) is 20.8 Å². The number of anilines is 1. The van der Waals surface area contributed by atoms with Crippen molar-refractivity contribution in [2.45, 2.75) is 32.9 Å². The van der Waals surface area contributed by atoms with E-state index in [0.717, 1.165) is 0 Å². The molecule has 0 unspecified atom stereocenters. The van der Waals surface area contributed by atoms with E-state index in [9.17, 15) is 9.18 Å². The molecule has 0 saturated heterocycles. The fraction of sp³-hybridized carbons (Fsp3) is 0.208. The first-order chi connectivity index (χ1) is 15.9. The molecule has 0 bridgehead atoms. The third kappa shape index (κ3) is 5.59. The van der Waals surface area contributed by atoms with Crippen LogP contribution in [0.25, 0.3) is 0 Å². The monoisotopic (exact) mass is 468 g/mol. The van der Waals surface area contributed by atoms with Crippen molar-refractivity contribution in [3.8, 4) is 5.75 Å². The number of aromatic nitrogens is 3. The quantitative estimate of drug-likeness (QED) is 0.360. The van der Waals surface area contributed by atoms with E-state index in [1.807, 2.05) is 24.3 Å². The third-order valence-electron chi connectivity index (χ3n) is 4.96. The van der Waals surface area contributed by atoms with Gasteiger partial charge in [-0.2, -0.15) is 0 Å². The molecule has 7 nitrogen and oxygen atoms in total. The number of amides is 1. The second-order valence-electron chi connectivity index (χ2n) is 7.70. The molecule has 9 heteroatoms. The summed E-state index contributed by atoms with van der Waals surface area (Å²) in [7, 11) is 0. The first kappa shape index (κ1) is 22.5. The van der Waals surface area contributed by atoms with Crippen LogP contribution in [-0.2, 0) is 13.2 Å². The first-order valence-corrected chi connectivity index (χ1v) is 10.7. The minimum atomic E-state index is -0.510. The van der Waals surface area contributed by atoms with Crippen LogP contribution in [0.4, 0.5) is 10.3 Å². The summed E-state index contributed by atoms with van der Waals surface area (Å²) in [6.45, 7) is 4.52. The summed E-state index contributed by atoms with van der Waals surface area (Å²) in [5.74, 6) is 0.869. The van der Waals surface area contributed by atoms with Crippen LogP contribution in [0.2, 0.25) is 5.02 Å². The Kier molecular flexibility index (Phi) is 6.74. The second kappa shape index (κ2) is 9.87. The highest BCUT2D eigenvalue weighted by molar-refractivity contribution is 6.31. The molecule has 2 aromatic carbocycles. The van der Waals surface area contributed by atoms with Crippen molar-refractivity contribution in [2.24, 2.45) is 0 Å². The Bertz CT molecular complexity index is 1230. The molecule has 0 aliphatic heterocycles. The molecule has 2 aromatic heterocycles. The lowest BCUT2D eigenvalue weighted by atomic mass is 10.0. The molecule has 0 radical (unpaired) electrons. The van der Waals surface area contributed by atoms with Crippen LogP contribution in [0, 0.1) is 5.82 Å². The minimum Gasteiger partial charge on any atom is -0.486 e. The molecule has 0 spiro atoms. The van der Waals surface area contributed by atoms with Crippen molar-refractivity contribution in [3.05, 3.63) is 94.4 Å². The van der Waals surface area contributed by atoms with Crippen molar-refractivity contribution in [1.82, 2.24) is 14.8 Å². The van der Waals surface area contributed by atoms with E-state index in [-0.39, 0.29) is 35.4 Å². The van der Waals surface area contributed by atoms with Gasteiger partial charge in [0.15, 0.2) is 5.76 Å². The standard InChI is InChI=1S/C24H22ClFN4O3/c1-15(2)16-6-8-17(9-7-16)32-13-18-10-11-22(33-18)23(31)28-24-27-14-30(29-24)12-19-20(25)4-3-5-21(19)26/h3-11,14-15H,12-13H2,1-2H3,(H,28,29,31). The molecule has 1 N–H and O–H groups in total. The average Bonchev–Trinajstić information content (AvgIpc) is 3.45. The number of benzene rings is 2. The number of hydrogen-bond acceptors (Lipinski definition) is 5. The van der Waals surface area contributed by atoms with Gasteiger partial charge in [-0.3, -0.25) is 10.1 Å². The molecule has 2 heterocycles. The highest BCUT2D eigenvalue weighted by Crippen LogP contribution is 2.21. The second-order valence-corrected chi connectivity index (χ2v) is 8.11. The Labute approximate surface area is 195 Å². The SMILES string of the molecule is CC(C)c1ccc(OCc2ccc(C(=O)Nc3ncn(Cc4c(F)cccc4Cl)n3)o2)cc1. The molecule has 170 valence electrons. The van der Waals surface area contributed by atoms with Gasteiger partial charge in [-0.05, 0) is 47.9 Å². The lowest BCUT2D eigenvalue weighted by Gasteiger charge is -2.07. The number of ether oxygens (including phenoxy) is 1. The fourth-order valence-electron chi connectivity index (χ4n) is 3.12. The van der Waals surface area contributed by atoms with Gasteiger partial charge in [0.25, 0.3) is 5.91 Å². The predicted molar refractivity (Wildman–Crippen MR) is 122 cm³/mol. The van der Waals surface area contributed by atoms with Crippen molar-refractivity contribution >= 4 is 23.5 Å². The number of carbonyl (C=O) groups excluding carboxylic acids is 1. The van der Waals surface area contributed by atoms with Crippen molar-refractivity contribution < 1.29 is 18.3 Å². The van der Waals surface area contributed by atoms with E-state index in [0.29, 0.717) is 17.4 Å². The van der Waals surface area contributed by atoms with Crippen LogP contribution in [-0.4, -0.2) is 20.7 Å². The van der Waals surface area contributed by atoms with Crippen molar-refractivity contribution in [1.29, 1.82) is 0 Å². The summed E-state index contributed by atoms with van der Waals surface area (Å²) in [4.78, 5) is 16.5. The zero-order valence-corrected chi connectivity index (χ0v) is 18.8. The van der Waals surface area contributed by atoms with Gasteiger partial charge in [-0.1, -0.05) is 43.6 Å². The number of nitrogens with one attached hydrogen (secondary N) is 1. The number of furan rings is 1. The molecule has 0 fully saturated rings. The van der Waals surface area contributed by atoms with Gasteiger partial charge < -0.3 is 9.15 Å². The van der Waals surface area contributed by atoms with Crippen molar-refractivity contribution in [3.63, 3.8) is 0 Å². The Balaban J connectivity index is 1.33. The number of carbonyl (C=O) groups is 1. The van der Waals surface area contributed by atoms with Crippen LogP contribution in [0.3, 0.4) is 0 Å². The van der Waals surface area contributed by atoms with Gasteiger partial charge in [0.05, 0.1) is 6.54 Å². The molecule has 0 aliphatic carbocycles.